The fraction of sp³-hybridized carbons (Fsp3) is 0.429. The first-order chi connectivity index (χ1) is 12.6. The highest BCUT2D eigenvalue weighted by Crippen LogP contribution is 2.48. The molecule has 136 valence electrons. The molecular formula is C21H22O5. The van der Waals surface area contributed by atoms with E-state index in [1.165, 1.54) is 0 Å². The zero-order chi connectivity index (χ0) is 18.3. The number of carbonyl (C=O) groups is 2. The number of ether oxygens (including phenoxy) is 3. The molecule has 4 rings (SSSR count). The number of Topliss-reactive ketones (excluding diaryl/α,β-unsaturated/α-hetero) is 2. The number of benzene rings is 1. The first-order valence-electron chi connectivity index (χ1n) is 9.06. The van der Waals surface area contributed by atoms with Crippen molar-refractivity contribution in [1.82, 2.24) is 0 Å². The Morgan fingerprint density at radius 3 is 1.96 bits per heavy atom. The third-order valence-corrected chi connectivity index (χ3v) is 5.38. The molecule has 1 aromatic rings. The Morgan fingerprint density at radius 1 is 0.846 bits per heavy atom. The van der Waals surface area contributed by atoms with Crippen LogP contribution in [0, 0.1) is 0 Å². The van der Waals surface area contributed by atoms with Crippen LogP contribution in [0.4, 0.5) is 0 Å². The van der Waals surface area contributed by atoms with Crippen molar-refractivity contribution >= 4 is 11.6 Å². The number of hydrogen-bond acceptors (Lipinski definition) is 5. The van der Waals surface area contributed by atoms with E-state index in [4.69, 9.17) is 14.2 Å². The van der Waals surface area contributed by atoms with Gasteiger partial charge in [0.25, 0.3) is 0 Å². The minimum Gasteiger partial charge on any atom is -0.493 e. The van der Waals surface area contributed by atoms with Gasteiger partial charge in [-0.1, -0.05) is 6.07 Å². The molecule has 0 saturated carbocycles. The first kappa shape index (κ1) is 16.9. The lowest BCUT2D eigenvalue weighted by molar-refractivity contribution is -0.117. The van der Waals surface area contributed by atoms with Gasteiger partial charge in [-0.2, -0.15) is 0 Å². The van der Waals surface area contributed by atoms with Gasteiger partial charge in [-0.25, -0.2) is 0 Å². The molecule has 0 N–H and O–H groups in total. The number of hydrogen-bond donors (Lipinski definition) is 0. The molecule has 0 amide bonds. The van der Waals surface area contributed by atoms with Crippen LogP contribution in [0.15, 0.2) is 40.9 Å². The number of carbonyl (C=O) groups excluding carboxylic acids is 2. The summed E-state index contributed by atoms with van der Waals surface area (Å²) in [7, 11) is 3.17. The lowest BCUT2D eigenvalue weighted by atomic mass is 9.73. The molecule has 0 aromatic heterocycles. The molecule has 0 saturated heterocycles. The van der Waals surface area contributed by atoms with E-state index in [1.54, 1.807) is 14.2 Å². The molecule has 1 aliphatic heterocycles. The number of rotatable bonds is 3. The summed E-state index contributed by atoms with van der Waals surface area (Å²) in [5, 5.41) is 0. The Morgan fingerprint density at radius 2 is 1.42 bits per heavy atom. The Balaban J connectivity index is 1.90. The highest BCUT2D eigenvalue weighted by atomic mass is 16.5. The molecule has 0 unspecified atom stereocenters. The van der Waals surface area contributed by atoms with Crippen molar-refractivity contribution in [3.8, 4) is 11.5 Å². The van der Waals surface area contributed by atoms with Crippen LogP contribution in [-0.2, 0) is 14.3 Å². The Kier molecular flexibility index (Phi) is 4.31. The highest BCUT2D eigenvalue weighted by Gasteiger charge is 2.41. The smallest absolute Gasteiger partial charge is 0.163 e. The van der Waals surface area contributed by atoms with Crippen LogP contribution < -0.4 is 9.47 Å². The van der Waals surface area contributed by atoms with Gasteiger partial charge in [-0.15, -0.1) is 0 Å². The van der Waals surface area contributed by atoms with Crippen molar-refractivity contribution in [1.29, 1.82) is 0 Å². The second kappa shape index (κ2) is 6.63. The molecule has 2 aliphatic carbocycles. The van der Waals surface area contributed by atoms with Gasteiger partial charge < -0.3 is 14.2 Å². The lowest BCUT2D eigenvalue weighted by Gasteiger charge is -2.36. The van der Waals surface area contributed by atoms with E-state index in [9.17, 15) is 9.59 Å². The van der Waals surface area contributed by atoms with Crippen LogP contribution in [0.1, 0.15) is 50.0 Å². The molecule has 3 aliphatic rings. The van der Waals surface area contributed by atoms with E-state index in [0.717, 1.165) is 42.8 Å². The van der Waals surface area contributed by atoms with E-state index in [2.05, 4.69) is 0 Å². The predicted octanol–water partition coefficient (Wildman–Crippen LogP) is 3.83. The molecule has 0 radical (unpaired) electrons. The largest absolute Gasteiger partial charge is 0.493 e. The monoisotopic (exact) mass is 354 g/mol. The van der Waals surface area contributed by atoms with Crippen LogP contribution >= 0.6 is 0 Å². The van der Waals surface area contributed by atoms with Gasteiger partial charge in [0.2, 0.25) is 0 Å². The zero-order valence-corrected chi connectivity index (χ0v) is 15.1. The van der Waals surface area contributed by atoms with E-state index in [0.29, 0.717) is 35.5 Å². The van der Waals surface area contributed by atoms with E-state index in [1.807, 2.05) is 18.2 Å². The molecule has 5 heteroatoms. The van der Waals surface area contributed by atoms with Crippen LogP contribution in [0.25, 0.3) is 0 Å². The lowest BCUT2D eigenvalue weighted by Crippen LogP contribution is -2.30. The maximum Gasteiger partial charge on any atom is 0.163 e. The predicted molar refractivity (Wildman–Crippen MR) is 95.1 cm³/mol. The standard InChI is InChI=1S/C21H22O5/c1-24-15-10-9-12(11-18(15)25-2)19-20-13(22)5-3-7-16(20)26-17-8-4-6-14(23)21(17)19/h9-11,19H,3-8H2,1-2H3. The van der Waals surface area contributed by atoms with Crippen molar-refractivity contribution < 1.29 is 23.8 Å². The van der Waals surface area contributed by atoms with Crippen LogP contribution in [0.2, 0.25) is 0 Å². The second-order valence-electron chi connectivity index (χ2n) is 6.88. The molecular weight excluding hydrogens is 332 g/mol. The third-order valence-electron chi connectivity index (χ3n) is 5.38. The molecule has 0 spiro atoms. The number of allylic oxidation sites excluding steroid dienone is 4. The van der Waals surface area contributed by atoms with Crippen molar-refractivity contribution in [3.63, 3.8) is 0 Å². The third kappa shape index (κ3) is 2.62. The fourth-order valence-corrected chi connectivity index (χ4v) is 4.18. The summed E-state index contributed by atoms with van der Waals surface area (Å²) in [4.78, 5) is 25.5. The summed E-state index contributed by atoms with van der Waals surface area (Å²) in [6.45, 7) is 0. The summed E-state index contributed by atoms with van der Waals surface area (Å²) in [6, 6.07) is 5.61. The van der Waals surface area contributed by atoms with E-state index in [-0.39, 0.29) is 17.5 Å². The van der Waals surface area contributed by atoms with Gasteiger partial charge in [-0.05, 0) is 30.5 Å². The minimum atomic E-state index is -0.367. The summed E-state index contributed by atoms with van der Waals surface area (Å²) in [6.07, 6.45) is 4.09. The Hall–Kier alpha value is -2.56. The molecule has 26 heavy (non-hydrogen) atoms. The Labute approximate surface area is 152 Å². The summed E-state index contributed by atoms with van der Waals surface area (Å²) in [5.74, 6) is 2.49. The number of ketones is 2. The van der Waals surface area contributed by atoms with Crippen LogP contribution in [-0.4, -0.2) is 25.8 Å². The SMILES string of the molecule is COc1ccc(C2C3=C(CCCC3=O)OC3=C2C(=O)CCC3)cc1OC. The van der Waals surface area contributed by atoms with Crippen molar-refractivity contribution in [2.45, 2.75) is 44.4 Å². The summed E-state index contributed by atoms with van der Waals surface area (Å²) < 4.78 is 16.8. The molecule has 5 nitrogen and oxygen atoms in total. The maximum absolute atomic E-state index is 12.7. The van der Waals surface area contributed by atoms with Gasteiger partial charge in [0.05, 0.1) is 14.2 Å². The average Bonchev–Trinajstić information content (AvgIpc) is 2.66. The second-order valence-corrected chi connectivity index (χ2v) is 6.88. The average molecular weight is 354 g/mol. The summed E-state index contributed by atoms with van der Waals surface area (Å²) >= 11 is 0. The maximum atomic E-state index is 12.7. The number of methoxy groups -OCH3 is 2. The van der Waals surface area contributed by atoms with Gasteiger partial charge >= 0.3 is 0 Å². The van der Waals surface area contributed by atoms with Crippen molar-refractivity contribution in [2.24, 2.45) is 0 Å². The van der Waals surface area contributed by atoms with E-state index < -0.39 is 0 Å². The molecule has 1 aromatic carbocycles. The highest BCUT2D eigenvalue weighted by molar-refractivity contribution is 6.05. The minimum absolute atomic E-state index is 0.0796. The van der Waals surface area contributed by atoms with Gasteiger partial charge in [0.15, 0.2) is 23.1 Å². The first-order valence-corrected chi connectivity index (χ1v) is 9.06. The summed E-state index contributed by atoms with van der Waals surface area (Å²) in [5.41, 5.74) is 2.17. The van der Waals surface area contributed by atoms with Gasteiger partial charge in [0, 0.05) is 42.7 Å². The van der Waals surface area contributed by atoms with E-state index >= 15 is 0 Å². The topological polar surface area (TPSA) is 61.8 Å². The van der Waals surface area contributed by atoms with Gasteiger partial charge in [0.1, 0.15) is 11.5 Å². The van der Waals surface area contributed by atoms with Crippen molar-refractivity contribution in [2.75, 3.05) is 14.2 Å². The molecule has 0 atom stereocenters. The zero-order valence-electron chi connectivity index (χ0n) is 15.1. The van der Waals surface area contributed by atoms with Crippen LogP contribution in [0.3, 0.4) is 0 Å². The van der Waals surface area contributed by atoms with Crippen molar-refractivity contribution in [3.05, 3.63) is 46.4 Å². The Bertz CT molecular complexity index is 804. The van der Waals surface area contributed by atoms with Gasteiger partial charge in [-0.3, -0.25) is 9.59 Å². The molecule has 0 fully saturated rings. The normalized spacial score (nSPS) is 20.5. The quantitative estimate of drug-likeness (QED) is 0.825. The fourth-order valence-electron chi connectivity index (χ4n) is 4.18. The molecule has 0 bridgehead atoms. The molecule has 1 heterocycles. The van der Waals surface area contributed by atoms with Crippen LogP contribution in [0.5, 0.6) is 11.5 Å².